The number of carbonyl (C=O) groups is 3. The molecule has 1 fully saturated rings. The maximum absolute atomic E-state index is 12.2. The largest absolute Gasteiger partial charge is 0.459 e. The summed E-state index contributed by atoms with van der Waals surface area (Å²) in [6.45, 7) is 6.47. The van der Waals surface area contributed by atoms with E-state index in [0.29, 0.717) is 38.7 Å². The highest BCUT2D eigenvalue weighted by Crippen LogP contribution is 2.07. The minimum absolute atomic E-state index is 0.0463. The predicted octanol–water partition coefficient (Wildman–Crippen LogP) is 1.34. The molecule has 8 heteroatoms. The zero-order valence-electron chi connectivity index (χ0n) is 14.7. The van der Waals surface area contributed by atoms with E-state index >= 15 is 0 Å². The van der Waals surface area contributed by atoms with Gasteiger partial charge in [0.1, 0.15) is 0 Å². The van der Waals surface area contributed by atoms with Gasteiger partial charge in [0.25, 0.3) is 5.91 Å². The van der Waals surface area contributed by atoms with Crippen LogP contribution in [-0.4, -0.2) is 67.0 Å². The van der Waals surface area contributed by atoms with Crippen LogP contribution in [0, 0.1) is 5.92 Å². The molecule has 0 bridgehead atoms. The van der Waals surface area contributed by atoms with Crippen molar-refractivity contribution in [2.24, 2.45) is 5.92 Å². The molecule has 0 saturated carbocycles. The molecule has 1 saturated heterocycles. The van der Waals surface area contributed by atoms with E-state index in [1.165, 1.54) is 6.26 Å². The highest BCUT2D eigenvalue weighted by molar-refractivity contribution is 5.91. The highest BCUT2D eigenvalue weighted by atomic mass is 16.6. The molecular formula is C17H25N3O5. The third kappa shape index (κ3) is 5.81. The first-order valence-electron chi connectivity index (χ1n) is 8.48. The zero-order valence-corrected chi connectivity index (χ0v) is 14.7. The average Bonchev–Trinajstić information content (AvgIpc) is 3.14. The lowest BCUT2D eigenvalue weighted by molar-refractivity contribution is -0.132. The molecule has 1 aliphatic rings. The van der Waals surface area contributed by atoms with Crippen LogP contribution in [0.2, 0.25) is 0 Å². The summed E-state index contributed by atoms with van der Waals surface area (Å²) < 4.78 is 10.2. The second kappa shape index (κ2) is 9.10. The van der Waals surface area contributed by atoms with Crippen LogP contribution in [0.1, 0.15) is 30.8 Å². The summed E-state index contributed by atoms with van der Waals surface area (Å²) in [7, 11) is 0. The smallest absolute Gasteiger partial charge is 0.409 e. The minimum Gasteiger partial charge on any atom is -0.459 e. The van der Waals surface area contributed by atoms with Gasteiger partial charge in [-0.1, -0.05) is 13.8 Å². The molecule has 3 amide bonds. The molecule has 0 unspecified atom stereocenters. The van der Waals surface area contributed by atoms with Gasteiger partial charge in [0.2, 0.25) is 5.91 Å². The number of carbonyl (C=O) groups excluding carboxylic acids is 3. The van der Waals surface area contributed by atoms with Gasteiger partial charge in [-0.2, -0.15) is 0 Å². The van der Waals surface area contributed by atoms with Crippen molar-refractivity contribution in [2.45, 2.75) is 20.3 Å². The normalized spacial score (nSPS) is 14.5. The molecule has 1 aromatic rings. The van der Waals surface area contributed by atoms with E-state index in [9.17, 15) is 14.4 Å². The van der Waals surface area contributed by atoms with Crippen LogP contribution in [0.3, 0.4) is 0 Å². The van der Waals surface area contributed by atoms with Gasteiger partial charge in [-0.25, -0.2) is 4.79 Å². The van der Waals surface area contributed by atoms with Gasteiger partial charge in [0.15, 0.2) is 5.76 Å². The second-order valence-electron chi connectivity index (χ2n) is 6.32. The summed E-state index contributed by atoms with van der Waals surface area (Å²) in [5.74, 6) is 0.134. The fourth-order valence-electron chi connectivity index (χ4n) is 2.40. The number of rotatable bonds is 6. The number of ether oxygens (including phenoxy) is 1. The van der Waals surface area contributed by atoms with Gasteiger partial charge in [0.05, 0.1) is 12.9 Å². The van der Waals surface area contributed by atoms with E-state index in [-0.39, 0.29) is 36.6 Å². The Morgan fingerprint density at radius 2 is 1.88 bits per heavy atom. The summed E-state index contributed by atoms with van der Waals surface area (Å²) in [6, 6.07) is 3.19. The van der Waals surface area contributed by atoms with Crippen molar-refractivity contribution >= 4 is 17.9 Å². The standard InChI is InChI=1S/C17H25N3O5/c1-13(2)12-25-17(23)20-9-7-19(8-10-20)15(21)5-6-18-16(22)14-4-3-11-24-14/h3-4,11,13H,5-10,12H2,1-2H3,(H,18,22). The summed E-state index contributed by atoms with van der Waals surface area (Å²) in [4.78, 5) is 39.1. The molecule has 2 rings (SSSR count). The van der Waals surface area contributed by atoms with Crippen LogP contribution in [0.5, 0.6) is 0 Å². The first-order chi connectivity index (χ1) is 12.0. The third-order valence-electron chi connectivity index (χ3n) is 3.80. The van der Waals surface area contributed by atoms with Crippen LogP contribution in [0.25, 0.3) is 0 Å². The molecule has 8 nitrogen and oxygen atoms in total. The molecule has 1 N–H and O–H groups in total. The minimum atomic E-state index is -0.337. The number of nitrogens with one attached hydrogen (secondary N) is 1. The van der Waals surface area contributed by atoms with Crippen molar-refractivity contribution < 1.29 is 23.5 Å². The number of piperazine rings is 1. The van der Waals surface area contributed by atoms with E-state index in [0.717, 1.165) is 0 Å². The van der Waals surface area contributed by atoms with Crippen LogP contribution in [0.15, 0.2) is 22.8 Å². The van der Waals surface area contributed by atoms with E-state index in [1.54, 1.807) is 21.9 Å². The van der Waals surface area contributed by atoms with Gasteiger partial charge in [-0.05, 0) is 18.1 Å². The second-order valence-corrected chi connectivity index (χ2v) is 6.32. The van der Waals surface area contributed by atoms with E-state index in [1.807, 2.05) is 13.8 Å². The summed E-state index contributed by atoms with van der Waals surface area (Å²) in [5.41, 5.74) is 0. The van der Waals surface area contributed by atoms with Crippen molar-refractivity contribution in [2.75, 3.05) is 39.3 Å². The van der Waals surface area contributed by atoms with Crippen molar-refractivity contribution in [1.82, 2.24) is 15.1 Å². The number of hydrogen-bond donors (Lipinski definition) is 1. The van der Waals surface area contributed by atoms with Crippen molar-refractivity contribution in [3.8, 4) is 0 Å². The van der Waals surface area contributed by atoms with Gasteiger partial charge in [-0.15, -0.1) is 0 Å². The average molecular weight is 351 g/mol. The molecule has 0 atom stereocenters. The van der Waals surface area contributed by atoms with Gasteiger partial charge < -0.3 is 24.3 Å². The lowest BCUT2D eigenvalue weighted by Gasteiger charge is -2.34. The number of hydrogen-bond acceptors (Lipinski definition) is 5. The predicted molar refractivity (Wildman–Crippen MR) is 90.0 cm³/mol. The first-order valence-corrected chi connectivity index (χ1v) is 8.48. The first kappa shape index (κ1) is 18.8. The van der Waals surface area contributed by atoms with Crippen molar-refractivity contribution in [3.63, 3.8) is 0 Å². The molecule has 1 aliphatic heterocycles. The molecule has 138 valence electrons. The molecule has 0 spiro atoms. The highest BCUT2D eigenvalue weighted by Gasteiger charge is 2.25. The summed E-state index contributed by atoms with van der Waals surface area (Å²) in [5, 5.41) is 2.64. The Hall–Kier alpha value is -2.51. The zero-order chi connectivity index (χ0) is 18.2. The Kier molecular flexibility index (Phi) is 6.85. The Morgan fingerprint density at radius 3 is 2.48 bits per heavy atom. The summed E-state index contributed by atoms with van der Waals surface area (Å²) >= 11 is 0. The monoisotopic (exact) mass is 351 g/mol. The molecule has 0 aromatic carbocycles. The lowest BCUT2D eigenvalue weighted by atomic mass is 10.2. The maximum atomic E-state index is 12.2. The Morgan fingerprint density at radius 1 is 1.20 bits per heavy atom. The molecule has 0 aliphatic carbocycles. The van der Waals surface area contributed by atoms with E-state index in [4.69, 9.17) is 9.15 Å². The molecule has 1 aromatic heterocycles. The van der Waals surface area contributed by atoms with E-state index in [2.05, 4.69) is 5.32 Å². The van der Waals surface area contributed by atoms with Crippen LogP contribution < -0.4 is 5.32 Å². The number of furan rings is 1. The quantitative estimate of drug-likeness (QED) is 0.835. The van der Waals surface area contributed by atoms with Gasteiger partial charge in [-0.3, -0.25) is 9.59 Å². The third-order valence-corrected chi connectivity index (χ3v) is 3.80. The Balaban J connectivity index is 1.65. The van der Waals surface area contributed by atoms with Crippen LogP contribution >= 0.6 is 0 Å². The summed E-state index contributed by atoms with van der Waals surface area (Å²) in [6.07, 6.45) is 1.31. The molecule has 2 heterocycles. The topological polar surface area (TPSA) is 92.1 Å². The van der Waals surface area contributed by atoms with Gasteiger partial charge in [0, 0.05) is 39.1 Å². The SMILES string of the molecule is CC(C)COC(=O)N1CCN(C(=O)CCNC(=O)c2ccco2)CC1. The van der Waals surface area contributed by atoms with Crippen molar-refractivity contribution in [3.05, 3.63) is 24.2 Å². The van der Waals surface area contributed by atoms with Crippen LogP contribution in [-0.2, 0) is 9.53 Å². The molecular weight excluding hydrogens is 326 g/mol. The fourth-order valence-corrected chi connectivity index (χ4v) is 2.40. The number of amides is 3. The lowest BCUT2D eigenvalue weighted by Crippen LogP contribution is -2.51. The van der Waals surface area contributed by atoms with Crippen LogP contribution in [0.4, 0.5) is 4.79 Å². The maximum Gasteiger partial charge on any atom is 0.409 e. The van der Waals surface area contributed by atoms with E-state index < -0.39 is 0 Å². The molecule has 0 radical (unpaired) electrons. The Labute approximate surface area is 147 Å². The van der Waals surface area contributed by atoms with Crippen molar-refractivity contribution in [1.29, 1.82) is 0 Å². The Bertz CT molecular complexity index is 577. The molecule has 25 heavy (non-hydrogen) atoms. The van der Waals surface area contributed by atoms with Gasteiger partial charge >= 0.3 is 6.09 Å². The number of nitrogens with zero attached hydrogens (tertiary/aromatic N) is 2. The fraction of sp³-hybridized carbons (Fsp3) is 0.588.